The summed E-state index contributed by atoms with van der Waals surface area (Å²) in [5.41, 5.74) is 1.60. The molecule has 0 unspecified atom stereocenters. The molecule has 1 saturated heterocycles. The summed E-state index contributed by atoms with van der Waals surface area (Å²) in [6.07, 6.45) is 1.98. The van der Waals surface area contributed by atoms with E-state index >= 15 is 0 Å². The zero-order valence-electron chi connectivity index (χ0n) is 16.5. The van der Waals surface area contributed by atoms with E-state index in [4.69, 9.17) is 21.1 Å². The van der Waals surface area contributed by atoms with Crippen LogP contribution in [0.25, 0.3) is 11.3 Å². The Hall–Kier alpha value is -3.36. The van der Waals surface area contributed by atoms with E-state index in [2.05, 4.69) is 5.32 Å². The van der Waals surface area contributed by atoms with E-state index < -0.39 is 10.8 Å². The Morgan fingerprint density at radius 1 is 1.16 bits per heavy atom. The van der Waals surface area contributed by atoms with E-state index in [0.717, 1.165) is 25.9 Å². The molecule has 9 heteroatoms. The number of hydrogen-bond acceptors (Lipinski definition) is 6. The maximum atomic E-state index is 12.8. The summed E-state index contributed by atoms with van der Waals surface area (Å²) >= 11 is 6.24. The van der Waals surface area contributed by atoms with Gasteiger partial charge in [-0.2, -0.15) is 0 Å². The van der Waals surface area contributed by atoms with Crippen molar-refractivity contribution >= 4 is 34.6 Å². The summed E-state index contributed by atoms with van der Waals surface area (Å²) in [4.78, 5) is 25.9. The van der Waals surface area contributed by atoms with Gasteiger partial charge in [-0.1, -0.05) is 11.6 Å². The van der Waals surface area contributed by atoms with Gasteiger partial charge < -0.3 is 19.7 Å². The normalized spacial score (nSPS) is 13.4. The minimum atomic E-state index is -0.509. The molecule has 2 N–H and O–H groups in total. The van der Waals surface area contributed by atoms with Crippen LogP contribution in [0.2, 0.25) is 5.02 Å². The van der Waals surface area contributed by atoms with Gasteiger partial charge in [-0.3, -0.25) is 14.9 Å². The number of halogens is 1. The molecule has 8 nitrogen and oxygen atoms in total. The lowest BCUT2D eigenvalue weighted by Gasteiger charge is -2.18. The number of anilines is 2. The summed E-state index contributed by atoms with van der Waals surface area (Å²) in [5, 5.41) is 23.8. The lowest BCUT2D eigenvalue weighted by atomic mass is 10.1. The van der Waals surface area contributed by atoms with Crippen molar-refractivity contribution in [1.29, 1.82) is 0 Å². The van der Waals surface area contributed by atoms with Gasteiger partial charge in [-0.05, 0) is 55.3 Å². The summed E-state index contributed by atoms with van der Waals surface area (Å²) < 4.78 is 5.52. The predicted octanol–water partition coefficient (Wildman–Crippen LogP) is 4.85. The zero-order valence-corrected chi connectivity index (χ0v) is 17.3. The van der Waals surface area contributed by atoms with Gasteiger partial charge in [-0.25, -0.2) is 0 Å². The molecule has 1 aliphatic rings. The first-order valence-corrected chi connectivity index (χ1v) is 10.2. The molecule has 0 saturated carbocycles. The molecule has 1 fully saturated rings. The van der Waals surface area contributed by atoms with E-state index in [1.807, 2.05) is 4.90 Å². The average Bonchev–Trinajstić information content (AvgIpc) is 3.47. The number of nitro benzene ring substituents is 1. The highest BCUT2D eigenvalue weighted by Crippen LogP contribution is 2.33. The maximum absolute atomic E-state index is 12.8. The number of benzene rings is 2. The van der Waals surface area contributed by atoms with Crippen LogP contribution < -0.4 is 10.2 Å². The van der Waals surface area contributed by atoms with Gasteiger partial charge in [0.25, 0.3) is 11.6 Å². The number of rotatable bonds is 6. The molecule has 160 valence electrons. The van der Waals surface area contributed by atoms with Crippen LogP contribution in [0.5, 0.6) is 0 Å². The first-order chi connectivity index (χ1) is 15.0. The Kier molecular flexibility index (Phi) is 5.92. The Labute approximate surface area is 183 Å². The lowest BCUT2D eigenvalue weighted by molar-refractivity contribution is -0.384. The van der Waals surface area contributed by atoms with Gasteiger partial charge in [0.2, 0.25) is 0 Å². The Bertz CT molecular complexity index is 1140. The number of hydrogen-bond donors (Lipinski definition) is 2. The smallest absolute Gasteiger partial charge is 0.293 e. The number of nitro groups is 1. The predicted molar refractivity (Wildman–Crippen MR) is 118 cm³/mol. The number of nitrogens with zero attached hydrogens (tertiary/aromatic N) is 2. The van der Waals surface area contributed by atoms with Gasteiger partial charge >= 0.3 is 0 Å². The molecule has 0 bridgehead atoms. The summed E-state index contributed by atoms with van der Waals surface area (Å²) in [6, 6.07) is 12.8. The van der Waals surface area contributed by atoms with Crippen molar-refractivity contribution in [3.8, 4) is 11.3 Å². The van der Waals surface area contributed by atoms with Gasteiger partial charge in [-0.15, -0.1) is 0 Å². The number of furan rings is 1. The molecular weight excluding hydrogens is 422 g/mol. The van der Waals surface area contributed by atoms with Crippen LogP contribution in [0.15, 0.2) is 52.9 Å². The SMILES string of the molecule is O=C(Nc1cc(-c2ccc(CO)o2)ccc1Cl)c1ccc(N2CCCC2)c([N+](=O)[O-])c1. The van der Waals surface area contributed by atoms with E-state index in [1.165, 1.54) is 6.07 Å². The first-order valence-electron chi connectivity index (χ1n) is 9.80. The van der Waals surface area contributed by atoms with Crippen molar-refractivity contribution in [2.75, 3.05) is 23.3 Å². The van der Waals surface area contributed by atoms with Crippen LogP contribution in [0.3, 0.4) is 0 Å². The molecule has 2 aromatic carbocycles. The third-order valence-corrected chi connectivity index (χ3v) is 5.53. The summed E-state index contributed by atoms with van der Waals surface area (Å²) in [6.45, 7) is 1.31. The van der Waals surface area contributed by atoms with Gasteiger partial charge in [0.1, 0.15) is 23.8 Å². The Morgan fingerprint density at radius 2 is 1.94 bits per heavy atom. The van der Waals surface area contributed by atoms with Crippen LogP contribution >= 0.6 is 11.6 Å². The molecule has 0 atom stereocenters. The number of aliphatic hydroxyl groups excluding tert-OH is 1. The molecule has 3 aromatic rings. The minimum absolute atomic E-state index is 0.0958. The quantitative estimate of drug-likeness (QED) is 0.418. The second-order valence-corrected chi connectivity index (χ2v) is 7.63. The fraction of sp³-hybridized carbons (Fsp3) is 0.227. The van der Waals surface area contributed by atoms with Gasteiger partial charge in [0.05, 0.1) is 15.6 Å². The van der Waals surface area contributed by atoms with Gasteiger partial charge in [0, 0.05) is 30.3 Å². The summed E-state index contributed by atoms with van der Waals surface area (Å²) in [5.74, 6) is 0.424. The number of nitrogens with one attached hydrogen (secondary N) is 1. The van der Waals surface area contributed by atoms with E-state index in [1.54, 1.807) is 42.5 Å². The number of amides is 1. The molecule has 2 heterocycles. The molecule has 0 spiro atoms. The second-order valence-electron chi connectivity index (χ2n) is 7.23. The van der Waals surface area contributed by atoms with Crippen LogP contribution in [0, 0.1) is 10.1 Å². The zero-order chi connectivity index (χ0) is 22.0. The third-order valence-electron chi connectivity index (χ3n) is 5.20. The molecule has 1 amide bonds. The highest BCUT2D eigenvalue weighted by atomic mass is 35.5. The molecule has 0 radical (unpaired) electrons. The standard InChI is InChI=1S/C22H20ClN3O5/c23-17-6-3-14(21-8-5-16(13-27)31-21)11-18(17)24-22(28)15-4-7-19(20(12-15)26(29)30)25-9-1-2-10-25/h3-8,11-12,27H,1-2,9-10,13H2,(H,24,28). The highest BCUT2D eigenvalue weighted by molar-refractivity contribution is 6.34. The highest BCUT2D eigenvalue weighted by Gasteiger charge is 2.24. The fourth-order valence-corrected chi connectivity index (χ4v) is 3.79. The second kappa shape index (κ2) is 8.79. The van der Waals surface area contributed by atoms with Crippen molar-refractivity contribution in [1.82, 2.24) is 0 Å². The van der Waals surface area contributed by atoms with E-state index in [9.17, 15) is 14.9 Å². The van der Waals surface area contributed by atoms with Crippen molar-refractivity contribution in [3.63, 3.8) is 0 Å². The monoisotopic (exact) mass is 441 g/mol. The topological polar surface area (TPSA) is 109 Å². The van der Waals surface area contributed by atoms with Crippen molar-refractivity contribution in [2.24, 2.45) is 0 Å². The molecule has 1 aliphatic heterocycles. The molecule has 1 aromatic heterocycles. The minimum Gasteiger partial charge on any atom is -0.459 e. The maximum Gasteiger partial charge on any atom is 0.293 e. The van der Waals surface area contributed by atoms with E-state index in [-0.39, 0.29) is 17.9 Å². The number of carbonyl (C=O) groups excluding carboxylic acids is 1. The van der Waals surface area contributed by atoms with Crippen LogP contribution in [0.1, 0.15) is 29.0 Å². The largest absolute Gasteiger partial charge is 0.459 e. The van der Waals surface area contributed by atoms with Crippen molar-refractivity contribution in [3.05, 3.63) is 75.0 Å². The van der Waals surface area contributed by atoms with Gasteiger partial charge in [0.15, 0.2) is 0 Å². The average molecular weight is 442 g/mol. The molecule has 31 heavy (non-hydrogen) atoms. The Morgan fingerprint density at radius 3 is 2.61 bits per heavy atom. The number of aliphatic hydroxyl groups is 1. The molecule has 0 aliphatic carbocycles. The van der Waals surface area contributed by atoms with Crippen LogP contribution in [0.4, 0.5) is 17.1 Å². The number of carbonyl (C=O) groups is 1. The fourth-order valence-electron chi connectivity index (χ4n) is 3.62. The Balaban J connectivity index is 1.60. The van der Waals surface area contributed by atoms with E-state index in [0.29, 0.717) is 33.5 Å². The van der Waals surface area contributed by atoms with Crippen molar-refractivity contribution in [2.45, 2.75) is 19.4 Å². The first kappa shape index (κ1) is 20.9. The van der Waals surface area contributed by atoms with Crippen molar-refractivity contribution < 1.29 is 19.2 Å². The molecule has 4 rings (SSSR count). The van der Waals surface area contributed by atoms with Crippen LogP contribution in [-0.4, -0.2) is 29.0 Å². The molecular formula is C22H20ClN3O5. The lowest BCUT2D eigenvalue weighted by Crippen LogP contribution is -2.20. The third kappa shape index (κ3) is 4.40. The van der Waals surface area contributed by atoms with Crippen LogP contribution in [-0.2, 0) is 6.61 Å². The summed E-state index contributed by atoms with van der Waals surface area (Å²) in [7, 11) is 0.